The SMILES string of the molecule is O=C1OCCN1c1ccccc1C1C(c2ccccc2)N(CCO)C(=O)N1CCO. The van der Waals surface area contributed by atoms with E-state index in [1.54, 1.807) is 14.7 Å². The van der Waals surface area contributed by atoms with Gasteiger partial charge < -0.3 is 24.7 Å². The summed E-state index contributed by atoms with van der Waals surface area (Å²) in [6, 6.07) is 16.0. The van der Waals surface area contributed by atoms with Crippen LogP contribution in [-0.2, 0) is 4.74 Å². The van der Waals surface area contributed by atoms with Crippen LogP contribution >= 0.6 is 0 Å². The fourth-order valence-electron chi connectivity index (χ4n) is 4.37. The van der Waals surface area contributed by atoms with E-state index in [2.05, 4.69) is 0 Å². The van der Waals surface area contributed by atoms with Crippen LogP contribution in [0.25, 0.3) is 0 Å². The van der Waals surface area contributed by atoms with Gasteiger partial charge in [0.15, 0.2) is 0 Å². The summed E-state index contributed by atoms with van der Waals surface area (Å²) in [6.07, 6.45) is -0.413. The zero-order chi connectivity index (χ0) is 21.1. The fraction of sp³-hybridized carbons (Fsp3) is 0.364. The van der Waals surface area contributed by atoms with Crippen molar-refractivity contribution < 1.29 is 24.5 Å². The monoisotopic (exact) mass is 411 g/mol. The largest absolute Gasteiger partial charge is 0.447 e. The van der Waals surface area contributed by atoms with Gasteiger partial charge in [-0.3, -0.25) is 4.90 Å². The molecule has 2 N–H and O–H groups in total. The average Bonchev–Trinajstić information content (AvgIpc) is 3.31. The van der Waals surface area contributed by atoms with Crippen LogP contribution in [0.3, 0.4) is 0 Å². The maximum Gasteiger partial charge on any atom is 0.414 e. The van der Waals surface area contributed by atoms with E-state index < -0.39 is 12.1 Å². The van der Waals surface area contributed by atoms with Crippen LogP contribution in [0.4, 0.5) is 15.3 Å². The van der Waals surface area contributed by atoms with Crippen LogP contribution in [0, 0.1) is 0 Å². The number of nitrogens with zero attached hydrogens (tertiary/aromatic N) is 3. The Hall–Kier alpha value is -3.10. The van der Waals surface area contributed by atoms with Crippen molar-refractivity contribution in [2.75, 3.05) is 44.4 Å². The van der Waals surface area contributed by atoms with E-state index >= 15 is 0 Å². The molecular formula is C22H25N3O5. The molecule has 4 rings (SSSR count). The number of amides is 3. The number of carbonyl (C=O) groups excluding carboxylic acids is 2. The van der Waals surface area contributed by atoms with E-state index in [9.17, 15) is 19.8 Å². The summed E-state index contributed by atoms with van der Waals surface area (Å²) >= 11 is 0. The molecule has 2 aliphatic heterocycles. The Balaban J connectivity index is 1.86. The molecule has 2 atom stereocenters. The minimum atomic E-state index is -0.441. The Bertz CT molecular complexity index is 907. The molecule has 8 heteroatoms. The molecular weight excluding hydrogens is 386 g/mol. The zero-order valence-electron chi connectivity index (χ0n) is 16.6. The summed E-state index contributed by atoms with van der Waals surface area (Å²) in [5.41, 5.74) is 2.41. The first-order valence-corrected chi connectivity index (χ1v) is 10.0. The van der Waals surface area contributed by atoms with Crippen molar-refractivity contribution in [3.8, 4) is 0 Å². The third kappa shape index (κ3) is 3.48. The Morgan fingerprint density at radius 1 is 0.867 bits per heavy atom. The molecule has 2 aromatic rings. The number of cyclic esters (lactones) is 1. The van der Waals surface area contributed by atoms with Gasteiger partial charge >= 0.3 is 12.1 Å². The van der Waals surface area contributed by atoms with Crippen LogP contribution in [0.1, 0.15) is 23.2 Å². The summed E-state index contributed by atoms with van der Waals surface area (Å²) in [5.74, 6) is 0. The minimum Gasteiger partial charge on any atom is -0.447 e. The van der Waals surface area contributed by atoms with Crippen LogP contribution in [-0.4, -0.2) is 71.6 Å². The predicted octanol–water partition coefficient (Wildman–Crippen LogP) is 2.15. The second-order valence-electron chi connectivity index (χ2n) is 7.24. The molecule has 2 unspecified atom stereocenters. The lowest BCUT2D eigenvalue weighted by Crippen LogP contribution is -2.36. The smallest absolute Gasteiger partial charge is 0.414 e. The quantitative estimate of drug-likeness (QED) is 0.728. The van der Waals surface area contributed by atoms with Gasteiger partial charge in [-0.05, 0) is 11.6 Å². The van der Waals surface area contributed by atoms with Crippen LogP contribution < -0.4 is 4.90 Å². The van der Waals surface area contributed by atoms with E-state index in [1.807, 2.05) is 54.6 Å². The Labute approximate surface area is 174 Å². The number of aliphatic hydroxyl groups excluding tert-OH is 2. The second kappa shape index (κ2) is 8.73. The molecule has 0 radical (unpaired) electrons. The maximum atomic E-state index is 13.3. The number of ether oxygens (including phenoxy) is 1. The van der Waals surface area contributed by atoms with Gasteiger partial charge in [0.25, 0.3) is 0 Å². The number of para-hydroxylation sites is 1. The first-order valence-electron chi connectivity index (χ1n) is 10.0. The minimum absolute atomic E-state index is 0.146. The molecule has 0 spiro atoms. The molecule has 3 amide bonds. The van der Waals surface area contributed by atoms with Gasteiger partial charge in [0, 0.05) is 18.7 Å². The van der Waals surface area contributed by atoms with Gasteiger partial charge in [-0.1, -0.05) is 48.5 Å². The second-order valence-corrected chi connectivity index (χ2v) is 7.24. The number of hydrogen-bond donors (Lipinski definition) is 2. The Morgan fingerprint density at radius 2 is 1.50 bits per heavy atom. The number of β-amino-alcohol motifs (C(OH)–C–C–N with tert-alkyl or cyclic N) is 2. The van der Waals surface area contributed by atoms with E-state index in [-0.39, 0.29) is 38.4 Å². The number of aliphatic hydroxyl groups is 2. The van der Waals surface area contributed by atoms with Gasteiger partial charge in [-0.2, -0.15) is 0 Å². The van der Waals surface area contributed by atoms with E-state index in [0.29, 0.717) is 18.8 Å². The molecule has 30 heavy (non-hydrogen) atoms. The van der Waals surface area contributed by atoms with Crippen molar-refractivity contribution in [1.82, 2.24) is 9.80 Å². The van der Waals surface area contributed by atoms with Gasteiger partial charge in [0.05, 0.1) is 37.5 Å². The zero-order valence-corrected chi connectivity index (χ0v) is 16.6. The summed E-state index contributed by atoms with van der Waals surface area (Å²) in [6.45, 7) is 0.709. The summed E-state index contributed by atoms with van der Waals surface area (Å²) in [4.78, 5) is 30.4. The van der Waals surface area contributed by atoms with Gasteiger partial charge in [-0.15, -0.1) is 0 Å². The lowest BCUT2D eigenvalue weighted by molar-refractivity contribution is 0.161. The van der Waals surface area contributed by atoms with Gasteiger partial charge in [-0.25, -0.2) is 9.59 Å². The van der Waals surface area contributed by atoms with Crippen LogP contribution in [0.15, 0.2) is 54.6 Å². The Morgan fingerprint density at radius 3 is 2.13 bits per heavy atom. The molecule has 2 heterocycles. The highest BCUT2D eigenvalue weighted by atomic mass is 16.6. The van der Waals surface area contributed by atoms with E-state index in [4.69, 9.17) is 4.74 Å². The molecule has 2 saturated heterocycles. The fourth-order valence-corrected chi connectivity index (χ4v) is 4.37. The molecule has 0 bridgehead atoms. The molecule has 2 aromatic carbocycles. The summed E-state index contributed by atoms with van der Waals surface area (Å²) in [5, 5.41) is 19.3. The first-order chi connectivity index (χ1) is 14.7. The van der Waals surface area contributed by atoms with Crippen molar-refractivity contribution in [1.29, 1.82) is 0 Å². The van der Waals surface area contributed by atoms with Crippen molar-refractivity contribution in [2.24, 2.45) is 0 Å². The van der Waals surface area contributed by atoms with Crippen molar-refractivity contribution in [3.05, 3.63) is 65.7 Å². The summed E-state index contributed by atoms with van der Waals surface area (Å²) in [7, 11) is 0. The molecule has 2 aliphatic rings. The van der Waals surface area contributed by atoms with Crippen LogP contribution in [0.2, 0.25) is 0 Å². The third-order valence-corrected chi connectivity index (χ3v) is 5.59. The van der Waals surface area contributed by atoms with Crippen molar-refractivity contribution in [3.63, 3.8) is 0 Å². The highest BCUT2D eigenvalue weighted by Crippen LogP contribution is 2.47. The first kappa shape index (κ1) is 20.2. The standard InChI is InChI=1S/C22H25N3O5/c26-13-10-24-19(16-6-2-1-3-7-16)20(25(11-14-27)21(24)28)17-8-4-5-9-18(17)23-12-15-30-22(23)29/h1-9,19-20,26-27H,10-15H2. The molecule has 2 fully saturated rings. The normalized spacial score (nSPS) is 21.5. The van der Waals surface area contributed by atoms with Gasteiger partial charge in [0.1, 0.15) is 6.61 Å². The molecule has 8 nitrogen and oxygen atoms in total. The molecule has 0 saturated carbocycles. The lowest BCUT2D eigenvalue weighted by atomic mass is 9.91. The number of rotatable bonds is 7. The van der Waals surface area contributed by atoms with Crippen molar-refractivity contribution >= 4 is 17.8 Å². The lowest BCUT2D eigenvalue weighted by Gasteiger charge is -2.31. The topological polar surface area (TPSA) is 93.6 Å². The van der Waals surface area contributed by atoms with Gasteiger partial charge in [0.2, 0.25) is 0 Å². The van der Waals surface area contributed by atoms with Crippen molar-refractivity contribution in [2.45, 2.75) is 12.1 Å². The predicted molar refractivity (Wildman–Crippen MR) is 110 cm³/mol. The highest BCUT2D eigenvalue weighted by Gasteiger charge is 2.48. The molecule has 0 aromatic heterocycles. The third-order valence-electron chi connectivity index (χ3n) is 5.59. The number of carbonyl (C=O) groups is 2. The Kier molecular flexibility index (Phi) is 5.87. The van der Waals surface area contributed by atoms with Crippen LogP contribution in [0.5, 0.6) is 0 Å². The maximum absolute atomic E-state index is 13.3. The number of benzene rings is 2. The number of urea groups is 1. The number of anilines is 1. The molecule has 158 valence electrons. The number of hydrogen-bond acceptors (Lipinski definition) is 5. The molecule has 0 aliphatic carbocycles. The highest BCUT2D eigenvalue weighted by molar-refractivity contribution is 5.91. The summed E-state index contributed by atoms with van der Waals surface area (Å²) < 4.78 is 5.13. The van der Waals surface area contributed by atoms with E-state index in [0.717, 1.165) is 11.1 Å². The average molecular weight is 411 g/mol. The van der Waals surface area contributed by atoms with E-state index in [1.165, 1.54) is 0 Å².